The van der Waals surface area contributed by atoms with Gasteiger partial charge in [0.15, 0.2) is 0 Å². The maximum Gasteiger partial charge on any atom is 0.0535 e. The Morgan fingerprint density at radius 3 is 2.53 bits per heavy atom. The van der Waals surface area contributed by atoms with Crippen molar-refractivity contribution in [3.8, 4) is 0 Å². The predicted molar refractivity (Wildman–Crippen MR) is 88.1 cm³/mol. The van der Waals surface area contributed by atoms with Crippen molar-refractivity contribution in [3.05, 3.63) is 59.0 Å². The average Bonchev–Trinajstić information content (AvgIpc) is 2.43. The fraction of sp³-hybridized carbons (Fsp3) is 0.176. The van der Waals surface area contributed by atoms with Gasteiger partial charge >= 0.3 is 0 Å². The smallest absolute Gasteiger partial charge is 0.0535 e. The highest BCUT2D eigenvalue weighted by molar-refractivity contribution is 8.03. The fourth-order valence-electron chi connectivity index (χ4n) is 2.21. The molecule has 1 aliphatic carbocycles. The number of rotatable bonds is 4. The average molecular weight is 269 g/mol. The van der Waals surface area contributed by atoms with Crippen molar-refractivity contribution in [2.45, 2.75) is 24.7 Å². The van der Waals surface area contributed by atoms with Crippen molar-refractivity contribution in [1.29, 1.82) is 0 Å². The first-order valence-corrected chi connectivity index (χ1v) is 7.21. The highest BCUT2D eigenvalue weighted by Crippen LogP contribution is 2.38. The largest absolute Gasteiger partial charge is 0.397 e. The molecule has 0 heterocycles. The van der Waals surface area contributed by atoms with Crippen LogP contribution in [0.4, 0.5) is 5.69 Å². The van der Waals surface area contributed by atoms with Crippen LogP contribution in [0.2, 0.25) is 0 Å². The van der Waals surface area contributed by atoms with E-state index in [0.29, 0.717) is 0 Å². The number of benzene rings is 1. The molecule has 2 N–H and O–H groups in total. The standard InChI is InChI=1S/C17H19NS/c1-4-14-12(3)11-16(17(18)15(14)5-2)19-13-9-7-6-8-10-13/h4-5,7,9-11H,1-2,6,8,18H2,3H3. The van der Waals surface area contributed by atoms with E-state index in [0.717, 1.165) is 34.6 Å². The summed E-state index contributed by atoms with van der Waals surface area (Å²) in [5.41, 5.74) is 10.3. The summed E-state index contributed by atoms with van der Waals surface area (Å²) >= 11 is 1.72. The molecule has 0 aromatic heterocycles. The normalized spacial score (nSPS) is 14.1. The van der Waals surface area contributed by atoms with Crippen LogP contribution in [-0.2, 0) is 0 Å². The molecule has 0 radical (unpaired) electrons. The zero-order valence-corrected chi connectivity index (χ0v) is 12.1. The second-order valence-corrected chi connectivity index (χ2v) is 5.64. The van der Waals surface area contributed by atoms with Crippen molar-refractivity contribution >= 4 is 29.6 Å². The molecule has 2 rings (SSSR count). The fourth-order valence-corrected chi connectivity index (χ4v) is 3.28. The number of aryl methyl sites for hydroxylation is 1. The first-order chi connectivity index (χ1) is 9.17. The third-order valence-electron chi connectivity index (χ3n) is 3.22. The summed E-state index contributed by atoms with van der Waals surface area (Å²) in [6.07, 6.45) is 12.5. The van der Waals surface area contributed by atoms with E-state index in [1.54, 1.807) is 11.8 Å². The van der Waals surface area contributed by atoms with Crippen LogP contribution in [0.1, 0.15) is 29.5 Å². The zero-order chi connectivity index (χ0) is 13.8. The van der Waals surface area contributed by atoms with Crippen molar-refractivity contribution < 1.29 is 0 Å². The third-order valence-corrected chi connectivity index (χ3v) is 4.31. The van der Waals surface area contributed by atoms with Gasteiger partial charge in [0, 0.05) is 15.4 Å². The van der Waals surface area contributed by atoms with E-state index in [4.69, 9.17) is 5.73 Å². The molecule has 0 spiro atoms. The Hall–Kier alpha value is -1.67. The molecule has 0 atom stereocenters. The molecule has 1 aliphatic rings. The minimum Gasteiger partial charge on any atom is -0.397 e. The quantitative estimate of drug-likeness (QED) is 0.761. The zero-order valence-electron chi connectivity index (χ0n) is 11.3. The number of nitrogens with two attached hydrogens (primary N) is 1. The molecule has 0 bridgehead atoms. The monoisotopic (exact) mass is 269 g/mol. The van der Waals surface area contributed by atoms with Crippen LogP contribution < -0.4 is 5.73 Å². The van der Waals surface area contributed by atoms with Crippen molar-refractivity contribution in [2.24, 2.45) is 0 Å². The molecule has 0 saturated carbocycles. The molecule has 1 aromatic rings. The van der Waals surface area contributed by atoms with E-state index in [1.165, 1.54) is 10.5 Å². The Morgan fingerprint density at radius 1 is 1.21 bits per heavy atom. The van der Waals surface area contributed by atoms with Gasteiger partial charge in [0.1, 0.15) is 0 Å². The van der Waals surface area contributed by atoms with Crippen molar-refractivity contribution in [2.75, 3.05) is 5.73 Å². The minimum absolute atomic E-state index is 0.792. The molecule has 0 fully saturated rings. The van der Waals surface area contributed by atoms with Crippen LogP contribution in [0, 0.1) is 6.92 Å². The number of nitrogen functional groups attached to an aromatic ring is 1. The van der Waals surface area contributed by atoms with E-state index in [9.17, 15) is 0 Å². The Kier molecular flexibility index (Phi) is 4.33. The van der Waals surface area contributed by atoms with Gasteiger partial charge in [-0.15, -0.1) is 0 Å². The highest BCUT2D eigenvalue weighted by Gasteiger charge is 2.12. The van der Waals surface area contributed by atoms with Crippen LogP contribution in [0.25, 0.3) is 12.2 Å². The Labute approximate surface area is 119 Å². The number of thioether (sulfide) groups is 1. The van der Waals surface area contributed by atoms with Crippen LogP contribution >= 0.6 is 11.8 Å². The Morgan fingerprint density at radius 2 is 1.95 bits per heavy atom. The predicted octanol–water partition coefficient (Wildman–Crippen LogP) is 5.19. The lowest BCUT2D eigenvalue weighted by Gasteiger charge is -2.15. The van der Waals surface area contributed by atoms with Gasteiger partial charge < -0.3 is 5.73 Å². The maximum atomic E-state index is 6.27. The van der Waals surface area contributed by atoms with E-state index >= 15 is 0 Å². The molecular formula is C17H19NS. The van der Waals surface area contributed by atoms with Crippen LogP contribution in [0.3, 0.4) is 0 Å². The van der Waals surface area contributed by atoms with Gasteiger partial charge in [-0.1, -0.05) is 55.3 Å². The van der Waals surface area contributed by atoms with Crippen molar-refractivity contribution in [1.82, 2.24) is 0 Å². The van der Waals surface area contributed by atoms with Gasteiger partial charge in [0.25, 0.3) is 0 Å². The molecule has 98 valence electrons. The molecule has 0 amide bonds. The second kappa shape index (κ2) is 5.98. The molecule has 19 heavy (non-hydrogen) atoms. The topological polar surface area (TPSA) is 26.0 Å². The van der Waals surface area contributed by atoms with E-state index in [2.05, 4.69) is 44.4 Å². The van der Waals surface area contributed by atoms with E-state index in [-0.39, 0.29) is 0 Å². The third kappa shape index (κ3) is 2.85. The number of allylic oxidation sites excluding steroid dienone is 3. The molecule has 0 unspecified atom stereocenters. The molecule has 1 nitrogen and oxygen atoms in total. The van der Waals surface area contributed by atoms with Crippen LogP contribution in [0.5, 0.6) is 0 Å². The van der Waals surface area contributed by atoms with Gasteiger partial charge in [-0.2, -0.15) is 0 Å². The van der Waals surface area contributed by atoms with Gasteiger partial charge in [-0.25, -0.2) is 0 Å². The number of anilines is 1. The van der Waals surface area contributed by atoms with Crippen molar-refractivity contribution in [3.63, 3.8) is 0 Å². The Bertz CT molecular complexity index is 579. The summed E-state index contributed by atoms with van der Waals surface area (Å²) in [6.45, 7) is 9.80. The summed E-state index contributed by atoms with van der Waals surface area (Å²) in [5, 5.41) is 0. The lowest BCUT2D eigenvalue weighted by Crippen LogP contribution is -1.98. The van der Waals surface area contributed by atoms with Gasteiger partial charge in [-0.3, -0.25) is 0 Å². The van der Waals surface area contributed by atoms with Gasteiger partial charge in [-0.05, 0) is 37.0 Å². The summed E-state index contributed by atoms with van der Waals surface area (Å²) in [7, 11) is 0. The van der Waals surface area contributed by atoms with E-state index in [1.807, 2.05) is 12.2 Å². The van der Waals surface area contributed by atoms with Gasteiger partial charge in [0.2, 0.25) is 0 Å². The minimum atomic E-state index is 0.792. The maximum absolute atomic E-state index is 6.27. The SMILES string of the molecule is C=Cc1c(C)cc(SC2=CCCC=C2)c(N)c1C=C. The van der Waals surface area contributed by atoms with Crippen LogP contribution in [0.15, 0.2) is 47.3 Å². The first kappa shape index (κ1) is 13.8. The molecule has 0 aliphatic heterocycles. The first-order valence-electron chi connectivity index (χ1n) is 6.40. The molecule has 0 saturated heterocycles. The Balaban J connectivity index is 2.44. The second-order valence-electron chi connectivity index (χ2n) is 4.53. The van der Waals surface area contributed by atoms with E-state index < -0.39 is 0 Å². The number of hydrogen-bond donors (Lipinski definition) is 1. The van der Waals surface area contributed by atoms with Crippen LogP contribution in [-0.4, -0.2) is 0 Å². The molecule has 2 heteroatoms. The lowest BCUT2D eigenvalue weighted by atomic mass is 10.00. The summed E-state index contributed by atoms with van der Waals surface area (Å²) in [6, 6.07) is 2.13. The van der Waals surface area contributed by atoms with Gasteiger partial charge in [0.05, 0.1) is 5.69 Å². The molecule has 1 aromatic carbocycles. The number of hydrogen-bond acceptors (Lipinski definition) is 2. The summed E-state index contributed by atoms with van der Waals surface area (Å²) in [4.78, 5) is 2.36. The summed E-state index contributed by atoms with van der Waals surface area (Å²) < 4.78 is 0. The summed E-state index contributed by atoms with van der Waals surface area (Å²) in [5.74, 6) is 0. The lowest BCUT2D eigenvalue weighted by molar-refractivity contribution is 1.03. The molecular weight excluding hydrogens is 250 g/mol. The highest BCUT2D eigenvalue weighted by atomic mass is 32.2.